The quantitative estimate of drug-likeness (QED) is 0.500. The molecule has 7 heteroatoms. The lowest BCUT2D eigenvalue weighted by molar-refractivity contribution is -0.123. The summed E-state index contributed by atoms with van der Waals surface area (Å²) in [5.41, 5.74) is 1.81. The van der Waals surface area contributed by atoms with E-state index in [1.807, 2.05) is 67.6 Å². The van der Waals surface area contributed by atoms with Crippen LogP contribution in [0.15, 0.2) is 94.3 Å². The molecule has 0 saturated heterocycles. The molecule has 0 heterocycles. The fourth-order valence-electron chi connectivity index (χ4n) is 3.05. The van der Waals surface area contributed by atoms with Crippen molar-refractivity contribution in [3.63, 3.8) is 0 Å². The van der Waals surface area contributed by atoms with Crippen molar-refractivity contribution in [2.45, 2.75) is 30.3 Å². The van der Waals surface area contributed by atoms with Crippen molar-refractivity contribution in [1.82, 2.24) is 10.0 Å². The number of carbonyl (C=O) groups is 1. The first kappa shape index (κ1) is 22.2. The summed E-state index contributed by atoms with van der Waals surface area (Å²) in [7, 11) is -3.87. The summed E-state index contributed by atoms with van der Waals surface area (Å²) >= 11 is 3.30. The Morgan fingerprint density at radius 1 is 0.900 bits per heavy atom. The Balaban J connectivity index is 1.82. The minimum Gasteiger partial charge on any atom is -0.348 e. The van der Waals surface area contributed by atoms with E-state index in [1.165, 1.54) is 12.1 Å². The smallest absolute Gasteiger partial charge is 0.241 e. The second-order valence-corrected chi connectivity index (χ2v) is 9.59. The number of benzene rings is 3. The average Bonchev–Trinajstić information content (AvgIpc) is 2.74. The summed E-state index contributed by atoms with van der Waals surface area (Å²) in [6.45, 7) is 1.87. The maximum absolute atomic E-state index is 13.0. The third kappa shape index (κ3) is 6.01. The highest BCUT2D eigenvalue weighted by molar-refractivity contribution is 9.10. The molecule has 3 aromatic rings. The van der Waals surface area contributed by atoms with Crippen LogP contribution in [0.4, 0.5) is 0 Å². The Kier molecular flexibility index (Phi) is 7.42. The standard InChI is InChI=1S/C23H23BrN2O3S/c1-17(19-10-6-3-7-11-19)25-23(27)22(16-18-8-4-2-5-9-18)26-30(28,29)21-14-12-20(24)13-15-21/h2-15,17,22,26H,16H2,1H3,(H,25,27)/t17-,22-/m1/s1. The number of carbonyl (C=O) groups excluding carboxylic acids is 1. The van der Waals surface area contributed by atoms with Gasteiger partial charge in [-0.1, -0.05) is 76.6 Å². The van der Waals surface area contributed by atoms with Gasteiger partial charge in [-0.2, -0.15) is 4.72 Å². The Morgan fingerprint density at radius 2 is 1.47 bits per heavy atom. The molecule has 0 fully saturated rings. The highest BCUT2D eigenvalue weighted by Crippen LogP contribution is 2.17. The van der Waals surface area contributed by atoms with Crippen LogP contribution < -0.4 is 10.0 Å². The first-order valence-corrected chi connectivity index (χ1v) is 11.8. The molecule has 0 spiro atoms. The number of hydrogen-bond donors (Lipinski definition) is 2. The van der Waals surface area contributed by atoms with Gasteiger partial charge < -0.3 is 5.32 Å². The maximum Gasteiger partial charge on any atom is 0.241 e. The lowest BCUT2D eigenvalue weighted by Gasteiger charge is -2.22. The van der Waals surface area contributed by atoms with Crippen LogP contribution in [-0.4, -0.2) is 20.4 Å². The van der Waals surface area contributed by atoms with Crippen molar-refractivity contribution in [3.05, 3.63) is 101 Å². The van der Waals surface area contributed by atoms with E-state index >= 15 is 0 Å². The van der Waals surface area contributed by atoms with Gasteiger partial charge in [0.1, 0.15) is 6.04 Å². The van der Waals surface area contributed by atoms with Crippen LogP contribution in [0.2, 0.25) is 0 Å². The minimum atomic E-state index is -3.87. The second kappa shape index (κ2) is 10.0. The van der Waals surface area contributed by atoms with Gasteiger partial charge in [0.15, 0.2) is 0 Å². The summed E-state index contributed by atoms with van der Waals surface area (Å²) in [5.74, 6) is -0.379. The average molecular weight is 487 g/mol. The molecule has 0 unspecified atom stereocenters. The van der Waals surface area contributed by atoms with Crippen molar-refractivity contribution in [2.75, 3.05) is 0 Å². The fourth-order valence-corrected chi connectivity index (χ4v) is 4.51. The Morgan fingerprint density at radius 3 is 2.07 bits per heavy atom. The molecule has 2 N–H and O–H groups in total. The fraction of sp³-hybridized carbons (Fsp3) is 0.174. The largest absolute Gasteiger partial charge is 0.348 e. The van der Waals surface area contributed by atoms with Gasteiger partial charge in [0.2, 0.25) is 15.9 Å². The van der Waals surface area contributed by atoms with E-state index < -0.39 is 16.1 Å². The van der Waals surface area contributed by atoms with Gasteiger partial charge in [0, 0.05) is 4.47 Å². The van der Waals surface area contributed by atoms with Crippen LogP contribution in [0.1, 0.15) is 24.1 Å². The van der Waals surface area contributed by atoms with E-state index in [-0.39, 0.29) is 23.3 Å². The van der Waals surface area contributed by atoms with Crippen molar-refractivity contribution in [3.8, 4) is 0 Å². The Bertz CT molecular complexity index is 1070. The predicted octanol–water partition coefficient (Wildman–Crippen LogP) is 4.22. The van der Waals surface area contributed by atoms with Crippen LogP contribution in [0.25, 0.3) is 0 Å². The predicted molar refractivity (Wildman–Crippen MR) is 121 cm³/mol. The van der Waals surface area contributed by atoms with E-state index in [0.29, 0.717) is 0 Å². The van der Waals surface area contributed by atoms with Crippen LogP contribution in [-0.2, 0) is 21.2 Å². The lowest BCUT2D eigenvalue weighted by atomic mass is 10.0. The SMILES string of the molecule is C[C@@H](NC(=O)[C@@H](Cc1ccccc1)NS(=O)(=O)c1ccc(Br)cc1)c1ccccc1. The highest BCUT2D eigenvalue weighted by atomic mass is 79.9. The van der Waals surface area contributed by atoms with Crippen LogP contribution >= 0.6 is 15.9 Å². The summed E-state index contributed by atoms with van der Waals surface area (Å²) in [5, 5.41) is 2.93. The minimum absolute atomic E-state index is 0.104. The van der Waals surface area contributed by atoms with E-state index in [1.54, 1.807) is 12.1 Å². The maximum atomic E-state index is 13.0. The van der Waals surface area contributed by atoms with Crippen LogP contribution in [0, 0.1) is 0 Å². The lowest BCUT2D eigenvalue weighted by Crippen LogP contribution is -2.48. The first-order chi connectivity index (χ1) is 14.3. The van der Waals surface area contributed by atoms with Gasteiger partial charge in [-0.25, -0.2) is 8.42 Å². The molecule has 0 aliphatic heterocycles. The molecule has 2 atom stereocenters. The van der Waals surface area contributed by atoms with Crippen molar-refractivity contribution in [1.29, 1.82) is 0 Å². The third-order valence-electron chi connectivity index (χ3n) is 4.68. The summed E-state index contributed by atoms with van der Waals surface area (Å²) in [6, 6.07) is 24.0. The molecule has 156 valence electrons. The number of nitrogens with one attached hydrogen (secondary N) is 2. The molecule has 1 amide bonds. The third-order valence-corrected chi connectivity index (χ3v) is 6.70. The van der Waals surface area contributed by atoms with Crippen molar-refractivity contribution < 1.29 is 13.2 Å². The molecule has 0 aliphatic rings. The molecular formula is C23H23BrN2O3S. The van der Waals surface area contributed by atoms with Crippen molar-refractivity contribution >= 4 is 31.9 Å². The number of amides is 1. The highest BCUT2D eigenvalue weighted by Gasteiger charge is 2.27. The zero-order valence-corrected chi connectivity index (χ0v) is 18.9. The zero-order chi connectivity index (χ0) is 21.6. The monoisotopic (exact) mass is 486 g/mol. The van der Waals surface area contributed by atoms with Gasteiger partial charge in [0.25, 0.3) is 0 Å². The van der Waals surface area contributed by atoms with Crippen LogP contribution in [0.3, 0.4) is 0 Å². The molecule has 0 radical (unpaired) electrons. The molecule has 0 aromatic heterocycles. The van der Waals surface area contributed by atoms with Gasteiger partial charge in [-0.3, -0.25) is 4.79 Å². The van der Waals surface area contributed by atoms with Crippen LogP contribution in [0.5, 0.6) is 0 Å². The zero-order valence-electron chi connectivity index (χ0n) is 16.5. The molecule has 0 saturated carbocycles. The Hall–Kier alpha value is -2.48. The first-order valence-electron chi connectivity index (χ1n) is 9.52. The van der Waals surface area contributed by atoms with Gasteiger partial charge in [-0.15, -0.1) is 0 Å². The van der Waals surface area contributed by atoms with Gasteiger partial charge in [-0.05, 0) is 48.7 Å². The number of sulfonamides is 1. The van der Waals surface area contributed by atoms with E-state index in [0.717, 1.165) is 15.6 Å². The number of rotatable bonds is 8. The Labute approximate surface area is 185 Å². The number of hydrogen-bond acceptors (Lipinski definition) is 3. The molecular weight excluding hydrogens is 464 g/mol. The van der Waals surface area contributed by atoms with E-state index in [4.69, 9.17) is 0 Å². The van der Waals surface area contributed by atoms with Crippen molar-refractivity contribution in [2.24, 2.45) is 0 Å². The molecule has 30 heavy (non-hydrogen) atoms. The van der Waals surface area contributed by atoms with E-state index in [2.05, 4.69) is 26.0 Å². The second-order valence-electron chi connectivity index (χ2n) is 6.96. The summed E-state index contributed by atoms with van der Waals surface area (Å²) in [6.07, 6.45) is 0.240. The topological polar surface area (TPSA) is 75.3 Å². The molecule has 3 aromatic carbocycles. The summed E-state index contributed by atoms with van der Waals surface area (Å²) < 4.78 is 29.1. The number of halogens is 1. The van der Waals surface area contributed by atoms with Gasteiger partial charge in [0.05, 0.1) is 10.9 Å². The van der Waals surface area contributed by atoms with Gasteiger partial charge >= 0.3 is 0 Å². The molecule has 5 nitrogen and oxygen atoms in total. The molecule has 0 bridgehead atoms. The normalized spacial score (nSPS) is 13.4. The van der Waals surface area contributed by atoms with E-state index in [9.17, 15) is 13.2 Å². The summed E-state index contributed by atoms with van der Waals surface area (Å²) in [4.78, 5) is 13.2. The molecule has 3 rings (SSSR count). The molecule has 0 aliphatic carbocycles.